The molecular weight excluding hydrogens is 280 g/mol. The van der Waals surface area contributed by atoms with E-state index in [-0.39, 0.29) is 0 Å². The zero-order valence-corrected chi connectivity index (χ0v) is 12.0. The van der Waals surface area contributed by atoms with Crippen molar-refractivity contribution in [2.24, 2.45) is 0 Å². The molecule has 1 heterocycles. The lowest BCUT2D eigenvalue weighted by molar-refractivity contribution is 0.232. The number of nitrogens with zero attached hydrogens (tertiary/aromatic N) is 1. The van der Waals surface area contributed by atoms with Gasteiger partial charge in [-0.25, -0.2) is 0 Å². The first kappa shape index (κ1) is 12.9. The molecule has 0 bridgehead atoms. The highest BCUT2D eigenvalue weighted by atomic mass is 79.9. The number of halogens is 1. The van der Waals surface area contributed by atoms with Crippen LogP contribution < -0.4 is 10.1 Å². The van der Waals surface area contributed by atoms with Gasteiger partial charge < -0.3 is 10.1 Å². The van der Waals surface area contributed by atoms with E-state index in [4.69, 9.17) is 4.74 Å². The Morgan fingerprint density at radius 1 is 1.35 bits per heavy atom. The Hall–Kier alpha value is -0.580. The second kappa shape index (κ2) is 5.85. The van der Waals surface area contributed by atoms with Crippen LogP contribution >= 0.6 is 15.9 Å². The van der Waals surface area contributed by atoms with Gasteiger partial charge in [0.05, 0.1) is 7.11 Å². The molecule has 0 unspecified atom stereocenters. The minimum absolute atomic E-state index is 0.971. The molecule has 0 spiro atoms. The molecule has 0 radical (unpaired) electrons. The first-order valence-corrected chi connectivity index (χ1v) is 6.76. The van der Waals surface area contributed by atoms with E-state index in [1.54, 1.807) is 7.11 Å². The van der Waals surface area contributed by atoms with E-state index in [9.17, 15) is 0 Å². The largest absolute Gasteiger partial charge is 0.496 e. The molecule has 0 aromatic heterocycles. The number of hydrogen-bond acceptors (Lipinski definition) is 3. The summed E-state index contributed by atoms with van der Waals surface area (Å²) < 4.78 is 6.55. The second-order valence-corrected chi connectivity index (χ2v) is 5.29. The lowest BCUT2D eigenvalue weighted by atomic mass is 10.1. The molecule has 0 atom stereocenters. The smallest absolute Gasteiger partial charge is 0.122 e. The van der Waals surface area contributed by atoms with Crippen molar-refractivity contribution in [3.8, 4) is 5.75 Å². The minimum Gasteiger partial charge on any atom is -0.496 e. The standard InChI is InChI=1S/C13H19BrN2O/c1-10-7-12(14)11(8-13(10)17-2)9-16-5-3-15-4-6-16/h7-8,15H,3-6,9H2,1-2H3. The predicted octanol–water partition coefficient (Wildman–Crippen LogP) is 2.17. The number of aryl methyl sites for hydroxylation is 1. The number of methoxy groups -OCH3 is 1. The Morgan fingerprint density at radius 2 is 2.06 bits per heavy atom. The maximum atomic E-state index is 5.38. The molecule has 1 aromatic rings. The Labute approximate surface area is 111 Å². The molecule has 1 aromatic carbocycles. The predicted molar refractivity (Wildman–Crippen MR) is 73.6 cm³/mol. The average molecular weight is 299 g/mol. The van der Waals surface area contributed by atoms with Gasteiger partial charge in [0.15, 0.2) is 0 Å². The highest BCUT2D eigenvalue weighted by Crippen LogP contribution is 2.27. The van der Waals surface area contributed by atoms with Gasteiger partial charge in [-0.1, -0.05) is 15.9 Å². The molecule has 0 aliphatic carbocycles. The van der Waals surface area contributed by atoms with Gasteiger partial charge in [0.2, 0.25) is 0 Å². The summed E-state index contributed by atoms with van der Waals surface area (Å²) in [7, 11) is 1.73. The van der Waals surface area contributed by atoms with Crippen molar-refractivity contribution in [3.63, 3.8) is 0 Å². The minimum atomic E-state index is 0.971. The fraction of sp³-hybridized carbons (Fsp3) is 0.538. The van der Waals surface area contributed by atoms with Gasteiger partial charge >= 0.3 is 0 Å². The van der Waals surface area contributed by atoms with E-state index < -0.39 is 0 Å². The van der Waals surface area contributed by atoms with Gasteiger partial charge in [-0.15, -0.1) is 0 Å². The third-order valence-electron chi connectivity index (χ3n) is 3.17. The normalized spacial score (nSPS) is 17.1. The lowest BCUT2D eigenvalue weighted by Crippen LogP contribution is -2.42. The molecule has 1 aliphatic rings. The highest BCUT2D eigenvalue weighted by molar-refractivity contribution is 9.10. The van der Waals surface area contributed by atoms with Crippen LogP contribution in [-0.4, -0.2) is 38.2 Å². The first-order valence-electron chi connectivity index (χ1n) is 5.97. The number of benzene rings is 1. The van der Waals surface area contributed by atoms with Crippen LogP contribution in [0.2, 0.25) is 0 Å². The van der Waals surface area contributed by atoms with E-state index in [0.29, 0.717) is 0 Å². The molecule has 1 N–H and O–H groups in total. The molecule has 0 saturated carbocycles. The summed E-state index contributed by atoms with van der Waals surface area (Å²) in [6, 6.07) is 4.28. The van der Waals surface area contributed by atoms with Gasteiger partial charge in [0.25, 0.3) is 0 Å². The molecule has 1 saturated heterocycles. The van der Waals surface area contributed by atoms with Crippen LogP contribution in [0.1, 0.15) is 11.1 Å². The Kier molecular flexibility index (Phi) is 4.42. The average Bonchev–Trinajstić information content (AvgIpc) is 2.34. The SMILES string of the molecule is COc1cc(CN2CCNCC2)c(Br)cc1C. The summed E-state index contributed by atoms with van der Waals surface area (Å²) in [5.41, 5.74) is 2.47. The van der Waals surface area contributed by atoms with Gasteiger partial charge in [0.1, 0.15) is 5.75 Å². The lowest BCUT2D eigenvalue weighted by Gasteiger charge is -2.27. The van der Waals surface area contributed by atoms with Crippen LogP contribution in [-0.2, 0) is 6.54 Å². The summed E-state index contributed by atoms with van der Waals surface area (Å²) in [6.45, 7) is 7.45. The van der Waals surface area contributed by atoms with E-state index in [1.165, 1.54) is 15.6 Å². The Bertz CT molecular complexity index is 389. The topological polar surface area (TPSA) is 24.5 Å². The van der Waals surface area contributed by atoms with Crippen LogP contribution in [0, 0.1) is 6.92 Å². The maximum absolute atomic E-state index is 5.38. The molecular formula is C13H19BrN2O. The third-order valence-corrected chi connectivity index (χ3v) is 3.91. The molecule has 1 fully saturated rings. The molecule has 0 amide bonds. The van der Waals surface area contributed by atoms with Gasteiger partial charge in [0, 0.05) is 37.2 Å². The number of nitrogens with one attached hydrogen (secondary N) is 1. The Balaban J connectivity index is 2.13. The summed E-state index contributed by atoms with van der Waals surface area (Å²) in [5, 5.41) is 3.37. The summed E-state index contributed by atoms with van der Waals surface area (Å²) in [5.74, 6) is 0.971. The Morgan fingerprint density at radius 3 is 2.71 bits per heavy atom. The second-order valence-electron chi connectivity index (χ2n) is 4.44. The summed E-state index contributed by atoms with van der Waals surface area (Å²) >= 11 is 3.64. The first-order chi connectivity index (χ1) is 8.20. The van der Waals surface area contributed by atoms with E-state index in [2.05, 4.69) is 45.2 Å². The van der Waals surface area contributed by atoms with Crippen molar-refractivity contribution in [1.82, 2.24) is 10.2 Å². The van der Waals surface area contributed by atoms with Crippen molar-refractivity contribution in [3.05, 3.63) is 27.7 Å². The molecule has 17 heavy (non-hydrogen) atoms. The van der Waals surface area contributed by atoms with Crippen molar-refractivity contribution in [2.75, 3.05) is 33.3 Å². The number of ether oxygens (including phenoxy) is 1. The van der Waals surface area contributed by atoms with Crippen LogP contribution in [0.15, 0.2) is 16.6 Å². The van der Waals surface area contributed by atoms with E-state index in [0.717, 1.165) is 38.5 Å². The van der Waals surface area contributed by atoms with E-state index >= 15 is 0 Å². The molecule has 94 valence electrons. The molecule has 1 aliphatic heterocycles. The van der Waals surface area contributed by atoms with Crippen molar-refractivity contribution >= 4 is 15.9 Å². The van der Waals surface area contributed by atoms with Crippen molar-refractivity contribution < 1.29 is 4.74 Å². The zero-order chi connectivity index (χ0) is 12.3. The van der Waals surface area contributed by atoms with Crippen LogP contribution in [0.5, 0.6) is 5.75 Å². The monoisotopic (exact) mass is 298 g/mol. The fourth-order valence-corrected chi connectivity index (χ4v) is 2.73. The van der Waals surface area contributed by atoms with Gasteiger partial charge in [-0.05, 0) is 30.2 Å². The third kappa shape index (κ3) is 3.21. The molecule has 4 heteroatoms. The fourth-order valence-electron chi connectivity index (χ4n) is 2.15. The quantitative estimate of drug-likeness (QED) is 0.926. The van der Waals surface area contributed by atoms with Crippen LogP contribution in [0.4, 0.5) is 0 Å². The van der Waals surface area contributed by atoms with Crippen molar-refractivity contribution in [2.45, 2.75) is 13.5 Å². The summed E-state index contributed by atoms with van der Waals surface area (Å²) in [6.07, 6.45) is 0. The zero-order valence-electron chi connectivity index (χ0n) is 10.4. The van der Waals surface area contributed by atoms with Crippen LogP contribution in [0.3, 0.4) is 0 Å². The highest BCUT2D eigenvalue weighted by Gasteiger charge is 2.13. The van der Waals surface area contributed by atoms with Gasteiger partial charge in [-0.2, -0.15) is 0 Å². The van der Waals surface area contributed by atoms with Crippen LogP contribution in [0.25, 0.3) is 0 Å². The van der Waals surface area contributed by atoms with Gasteiger partial charge in [-0.3, -0.25) is 4.90 Å². The molecule has 3 nitrogen and oxygen atoms in total. The summed E-state index contributed by atoms with van der Waals surface area (Å²) in [4.78, 5) is 2.46. The number of hydrogen-bond donors (Lipinski definition) is 1. The molecule has 2 rings (SSSR count). The van der Waals surface area contributed by atoms with E-state index in [1.807, 2.05) is 0 Å². The number of piperazine rings is 1. The van der Waals surface area contributed by atoms with Crippen molar-refractivity contribution in [1.29, 1.82) is 0 Å². The maximum Gasteiger partial charge on any atom is 0.122 e. The number of rotatable bonds is 3.